The lowest BCUT2D eigenvalue weighted by molar-refractivity contribution is -0.163. The van der Waals surface area contributed by atoms with Gasteiger partial charge in [0.2, 0.25) is 5.78 Å². The van der Waals surface area contributed by atoms with Crippen molar-refractivity contribution in [1.82, 2.24) is 15.5 Å². The normalized spacial score (nSPS) is 20.6. The number of carbonyl (C=O) groups is 3. The number of fused-ring (bicyclic) bond motifs is 3. The Morgan fingerprint density at radius 2 is 1.91 bits per heavy atom. The first-order valence-corrected chi connectivity index (χ1v) is 18.9. The Morgan fingerprint density at radius 3 is 2.68 bits per heavy atom. The van der Waals surface area contributed by atoms with Crippen molar-refractivity contribution in [2.45, 2.75) is 69.9 Å². The number of amides is 2. The lowest BCUT2D eigenvalue weighted by Crippen LogP contribution is -2.48. The molecule has 0 spiro atoms. The predicted molar refractivity (Wildman–Crippen MR) is 172 cm³/mol. The van der Waals surface area contributed by atoms with Crippen molar-refractivity contribution in [2.75, 3.05) is 18.5 Å². The molecule has 3 aliphatic heterocycles. The van der Waals surface area contributed by atoms with Crippen LogP contribution >= 0.6 is 0 Å². The van der Waals surface area contributed by atoms with Crippen LogP contribution in [0.15, 0.2) is 76.9 Å². The van der Waals surface area contributed by atoms with Gasteiger partial charge in [-0.1, -0.05) is 68.5 Å². The third-order valence-corrected chi connectivity index (χ3v) is 12.7. The van der Waals surface area contributed by atoms with Gasteiger partial charge in [0, 0.05) is 38.0 Å². The molecule has 0 fully saturated rings. The van der Waals surface area contributed by atoms with Gasteiger partial charge >= 0.3 is 12.0 Å². The molecule has 2 aromatic rings. The standard InChI is InChI=1S/C34H40N4O5Si/c1-4-34(42)27-19-28-30(31(39)26(27)21-43-32(34)40)38-20-25-22(10-8-11-23(25)18-29(38)37-28)14-17-44(2,3)16-9-15-35-33(41)36-24-12-6-5-7-13-24/h5-8,10-13,18,37,42H,4,9,14-17,19-21H2,1-3H3,(H2,35,36,41). The van der Waals surface area contributed by atoms with Gasteiger partial charge in [0.1, 0.15) is 18.1 Å². The first-order valence-electron chi connectivity index (χ1n) is 15.5. The van der Waals surface area contributed by atoms with E-state index in [4.69, 9.17) is 4.74 Å². The molecule has 0 saturated heterocycles. The highest BCUT2D eigenvalue weighted by molar-refractivity contribution is 6.77. The van der Waals surface area contributed by atoms with E-state index in [1.165, 1.54) is 11.1 Å². The molecule has 3 heterocycles. The summed E-state index contributed by atoms with van der Waals surface area (Å²) in [5.74, 6) is -0.0189. The van der Waals surface area contributed by atoms with E-state index in [2.05, 4.69) is 53.3 Å². The molecule has 0 radical (unpaired) electrons. The quantitative estimate of drug-likeness (QED) is 0.178. The van der Waals surface area contributed by atoms with Crippen LogP contribution in [0.4, 0.5) is 10.5 Å². The van der Waals surface area contributed by atoms with Gasteiger partial charge in [-0.05, 0) is 59.7 Å². The van der Waals surface area contributed by atoms with Crippen LogP contribution in [0.25, 0.3) is 6.08 Å². The first-order chi connectivity index (χ1) is 21.1. The SMILES string of the molecule is CCC1(O)C(=O)OCC2=C1CC1=C(C2=O)N2Cc3c(cccc3CC[Si](C)(C)CCCNC(=O)Nc3ccccc3)C=C2N1. The van der Waals surface area contributed by atoms with Crippen molar-refractivity contribution in [3.8, 4) is 0 Å². The summed E-state index contributed by atoms with van der Waals surface area (Å²) in [5, 5.41) is 20.4. The van der Waals surface area contributed by atoms with Crippen molar-refractivity contribution >= 4 is 37.6 Å². The first kappa shape index (κ1) is 29.9. The number of ether oxygens (including phenoxy) is 1. The van der Waals surface area contributed by atoms with Crippen molar-refractivity contribution in [2.24, 2.45) is 0 Å². The van der Waals surface area contributed by atoms with Crippen LogP contribution in [-0.2, 0) is 27.3 Å². The number of esters is 1. The summed E-state index contributed by atoms with van der Waals surface area (Å²) in [5.41, 5.74) is 4.86. The number of nitrogens with one attached hydrogen (secondary N) is 3. The molecule has 4 N–H and O–H groups in total. The summed E-state index contributed by atoms with van der Waals surface area (Å²) in [6.45, 7) is 7.67. The summed E-state index contributed by atoms with van der Waals surface area (Å²) < 4.78 is 5.26. The van der Waals surface area contributed by atoms with Gasteiger partial charge in [-0.25, -0.2) is 9.59 Å². The molecule has 2 aromatic carbocycles. The van der Waals surface area contributed by atoms with Crippen LogP contribution in [0, 0.1) is 0 Å². The number of nitrogens with zero attached hydrogens (tertiary/aromatic N) is 1. The molecule has 4 aliphatic rings. The average molecular weight is 613 g/mol. The van der Waals surface area contributed by atoms with Crippen LogP contribution in [0.3, 0.4) is 0 Å². The predicted octanol–water partition coefficient (Wildman–Crippen LogP) is 5.05. The minimum absolute atomic E-state index is 0.103. The fourth-order valence-electron chi connectivity index (χ4n) is 6.67. The second-order valence-electron chi connectivity index (χ2n) is 12.8. The average Bonchev–Trinajstić information content (AvgIpc) is 3.37. The number of benzene rings is 2. The number of aryl methyl sites for hydroxylation is 1. The fourth-order valence-corrected chi connectivity index (χ4v) is 9.00. The van der Waals surface area contributed by atoms with Crippen LogP contribution in [0.2, 0.25) is 25.2 Å². The van der Waals surface area contributed by atoms with Gasteiger partial charge in [-0.2, -0.15) is 0 Å². The minimum Gasteiger partial charge on any atom is -0.458 e. The van der Waals surface area contributed by atoms with E-state index in [0.717, 1.165) is 47.7 Å². The molecule has 230 valence electrons. The van der Waals surface area contributed by atoms with E-state index in [9.17, 15) is 19.5 Å². The Balaban J connectivity index is 1.08. The van der Waals surface area contributed by atoms with Crippen molar-refractivity contribution < 1.29 is 24.2 Å². The van der Waals surface area contributed by atoms with Crippen LogP contribution in [0.5, 0.6) is 0 Å². The number of cyclic esters (lactones) is 1. The smallest absolute Gasteiger partial charge is 0.342 e. The molecular weight excluding hydrogens is 572 g/mol. The summed E-state index contributed by atoms with van der Waals surface area (Å²) in [6.07, 6.45) is 4.47. The molecule has 0 aromatic heterocycles. The van der Waals surface area contributed by atoms with Gasteiger partial charge in [0.25, 0.3) is 0 Å². The number of anilines is 1. The third kappa shape index (κ3) is 5.59. The molecule has 6 rings (SSSR count). The number of allylic oxidation sites excluding steroid dienone is 2. The molecule has 2 amide bonds. The van der Waals surface area contributed by atoms with Crippen molar-refractivity contribution in [1.29, 1.82) is 0 Å². The Hall–Kier alpha value is -4.15. The van der Waals surface area contributed by atoms with Gasteiger partial charge in [0.15, 0.2) is 5.60 Å². The highest BCUT2D eigenvalue weighted by Crippen LogP contribution is 2.44. The number of ketones is 1. The maximum Gasteiger partial charge on any atom is 0.342 e. The number of hydrogen-bond acceptors (Lipinski definition) is 7. The van der Waals surface area contributed by atoms with E-state index in [1.807, 2.05) is 35.2 Å². The molecule has 10 heteroatoms. The van der Waals surface area contributed by atoms with E-state index >= 15 is 0 Å². The van der Waals surface area contributed by atoms with Gasteiger partial charge in [-0.3, -0.25) is 4.79 Å². The lowest BCUT2D eigenvalue weighted by Gasteiger charge is -2.36. The monoisotopic (exact) mass is 612 g/mol. The van der Waals surface area contributed by atoms with Crippen LogP contribution in [-0.4, -0.2) is 54.6 Å². The van der Waals surface area contributed by atoms with Crippen LogP contribution < -0.4 is 16.0 Å². The Labute approximate surface area is 259 Å². The third-order valence-electron chi connectivity index (χ3n) is 9.37. The molecule has 1 aliphatic carbocycles. The van der Waals surface area contributed by atoms with Gasteiger partial charge in [0.05, 0.1) is 6.54 Å². The Bertz CT molecular complexity index is 1610. The number of aliphatic hydroxyl groups is 1. The molecule has 0 bridgehead atoms. The van der Waals surface area contributed by atoms with E-state index in [0.29, 0.717) is 36.4 Å². The number of hydrogen-bond donors (Lipinski definition) is 4. The number of carbonyl (C=O) groups excluding carboxylic acids is 3. The van der Waals surface area contributed by atoms with Gasteiger partial charge in [-0.15, -0.1) is 0 Å². The maximum absolute atomic E-state index is 13.8. The maximum atomic E-state index is 13.8. The molecule has 1 atom stereocenters. The number of rotatable bonds is 9. The summed E-state index contributed by atoms with van der Waals surface area (Å²) >= 11 is 0. The minimum atomic E-state index is -1.77. The molecule has 44 heavy (non-hydrogen) atoms. The highest BCUT2D eigenvalue weighted by atomic mass is 28.3. The number of para-hydroxylation sites is 1. The second kappa shape index (κ2) is 11.7. The fraction of sp³-hybridized carbons (Fsp3) is 0.382. The van der Waals surface area contributed by atoms with Crippen molar-refractivity contribution in [3.05, 3.63) is 93.6 Å². The van der Waals surface area contributed by atoms with Crippen LogP contribution in [0.1, 0.15) is 42.9 Å². The highest BCUT2D eigenvalue weighted by Gasteiger charge is 2.51. The molecule has 1 unspecified atom stereocenters. The van der Waals surface area contributed by atoms with E-state index < -0.39 is 19.6 Å². The lowest BCUT2D eigenvalue weighted by atomic mass is 9.78. The van der Waals surface area contributed by atoms with E-state index in [-0.39, 0.29) is 24.8 Å². The zero-order valence-corrected chi connectivity index (χ0v) is 26.6. The summed E-state index contributed by atoms with van der Waals surface area (Å²) in [7, 11) is -1.53. The largest absolute Gasteiger partial charge is 0.458 e. The second-order valence-corrected chi connectivity index (χ2v) is 18.1. The number of Topliss-reactive ketones (excluding diaryl/α,β-unsaturated/α-hetero) is 1. The zero-order chi connectivity index (χ0) is 31.1. The summed E-state index contributed by atoms with van der Waals surface area (Å²) in [6, 6.07) is 17.9. The van der Waals surface area contributed by atoms with Crippen molar-refractivity contribution in [3.63, 3.8) is 0 Å². The van der Waals surface area contributed by atoms with Gasteiger partial charge < -0.3 is 30.7 Å². The Kier molecular flexibility index (Phi) is 7.98. The molecule has 0 saturated carbocycles. The number of urea groups is 1. The zero-order valence-electron chi connectivity index (χ0n) is 25.6. The summed E-state index contributed by atoms with van der Waals surface area (Å²) in [4.78, 5) is 40.5. The van der Waals surface area contributed by atoms with E-state index in [1.54, 1.807) is 6.92 Å². The molecular formula is C34H40N4O5Si. The molecule has 9 nitrogen and oxygen atoms in total. The Morgan fingerprint density at radius 1 is 1.11 bits per heavy atom. The topological polar surface area (TPSA) is 120 Å².